The zero-order valence-electron chi connectivity index (χ0n) is 19.7. The van der Waals surface area contributed by atoms with Crippen LogP contribution in [0.1, 0.15) is 62.5 Å². The number of aromatic nitrogens is 1. The van der Waals surface area contributed by atoms with E-state index >= 15 is 0 Å². The average molecular weight is 490 g/mol. The van der Waals surface area contributed by atoms with Crippen LogP contribution in [0, 0.1) is 24.6 Å². The maximum absolute atomic E-state index is 13.9. The van der Waals surface area contributed by atoms with Crippen molar-refractivity contribution in [2.24, 2.45) is 11.8 Å². The molecule has 1 aromatic carbocycles. The molecule has 7 nitrogen and oxygen atoms in total. The van der Waals surface area contributed by atoms with Crippen molar-refractivity contribution in [2.75, 3.05) is 13.1 Å². The van der Waals surface area contributed by atoms with Crippen molar-refractivity contribution in [2.45, 2.75) is 63.3 Å². The first-order valence-corrected chi connectivity index (χ1v) is 13.4. The Labute approximate surface area is 200 Å². The number of hydrogen-bond donors (Lipinski definition) is 1. The molecule has 0 spiro atoms. The molecule has 9 heteroatoms. The average Bonchev–Trinajstić information content (AvgIpc) is 3.21. The van der Waals surface area contributed by atoms with Crippen molar-refractivity contribution in [3.8, 4) is 0 Å². The van der Waals surface area contributed by atoms with Gasteiger partial charge in [-0.05, 0) is 69.6 Å². The minimum Gasteiger partial charge on any atom is -0.355 e. The van der Waals surface area contributed by atoms with Gasteiger partial charge in [-0.1, -0.05) is 30.3 Å². The molecular weight excluding hydrogens is 457 g/mol. The van der Waals surface area contributed by atoms with Gasteiger partial charge < -0.3 is 9.84 Å². The summed E-state index contributed by atoms with van der Waals surface area (Å²) in [4.78, 5) is 12.7. The molecule has 0 bridgehead atoms. The second-order valence-electron chi connectivity index (χ2n) is 9.46. The number of aryl methyl sites for hydroxylation is 1. The number of nitrogens with one attached hydrogen (secondary N) is 1. The van der Waals surface area contributed by atoms with Crippen LogP contribution < -0.4 is 5.32 Å². The summed E-state index contributed by atoms with van der Waals surface area (Å²) in [6.07, 6.45) is 8.12. The standard InChI is InChI=1S/C25H32FN3O4S/c1-17-7-10-21(11-8-17)27-25(30)20-13-15-29(16-14-20)34(31,32)24-18(2)28-33-23(24)12-9-19-5-3-4-6-22(19)26/h3-6,9,12,17,20-21H,7-8,10-11,13-16H2,1-2H3,(H,27,30)/b12-9+. The maximum atomic E-state index is 13.9. The summed E-state index contributed by atoms with van der Waals surface area (Å²) in [5.74, 6) is 0.213. The number of sulfonamides is 1. The largest absolute Gasteiger partial charge is 0.355 e. The first-order chi connectivity index (χ1) is 16.3. The number of halogens is 1. The Balaban J connectivity index is 1.41. The predicted octanol–water partition coefficient (Wildman–Crippen LogP) is 4.39. The highest BCUT2D eigenvalue weighted by atomic mass is 32.2. The van der Waals surface area contributed by atoms with Gasteiger partial charge in [-0.3, -0.25) is 4.79 Å². The van der Waals surface area contributed by atoms with Crippen LogP contribution in [0.3, 0.4) is 0 Å². The van der Waals surface area contributed by atoms with Gasteiger partial charge in [-0.2, -0.15) is 4.31 Å². The zero-order chi connectivity index (χ0) is 24.3. The molecule has 0 radical (unpaired) electrons. The predicted molar refractivity (Wildman–Crippen MR) is 128 cm³/mol. The SMILES string of the molecule is Cc1noc(/C=C/c2ccccc2F)c1S(=O)(=O)N1CCC(C(=O)NC2CCC(C)CC2)CC1. The van der Waals surface area contributed by atoms with Crippen molar-refractivity contribution < 1.29 is 22.1 Å². The van der Waals surface area contributed by atoms with Crippen LogP contribution in [-0.2, 0) is 14.8 Å². The first kappa shape index (κ1) is 24.6. The van der Waals surface area contributed by atoms with Gasteiger partial charge in [0.05, 0.1) is 0 Å². The number of carbonyl (C=O) groups is 1. The number of nitrogens with zero attached hydrogens (tertiary/aromatic N) is 2. The lowest BCUT2D eigenvalue weighted by atomic mass is 9.87. The molecule has 1 aliphatic heterocycles. The Bertz CT molecular complexity index is 1140. The minimum absolute atomic E-state index is 0.0145. The summed E-state index contributed by atoms with van der Waals surface area (Å²) < 4.78 is 47.4. The Morgan fingerprint density at radius 3 is 2.47 bits per heavy atom. The molecule has 1 saturated carbocycles. The van der Waals surface area contributed by atoms with Crippen LogP contribution in [0.25, 0.3) is 12.2 Å². The van der Waals surface area contributed by atoms with Gasteiger partial charge in [0, 0.05) is 30.6 Å². The molecular formula is C25H32FN3O4S. The summed E-state index contributed by atoms with van der Waals surface area (Å²) in [6, 6.07) is 6.43. The molecule has 2 aromatic rings. The monoisotopic (exact) mass is 489 g/mol. The van der Waals surface area contributed by atoms with E-state index in [1.807, 2.05) is 0 Å². The van der Waals surface area contributed by atoms with Gasteiger partial charge in [0.1, 0.15) is 11.5 Å². The summed E-state index contributed by atoms with van der Waals surface area (Å²) in [6.45, 7) is 4.32. The van der Waals surface area contributed by atoms with Crippen LogP contribution in [0.4, 0.5) is 4.39 Å². The number of rotatable bonds is 6. The van der Waals surface area contributed by atoms with E-state index in [2.05, 4.69) is 17.4 Å². The van der Waals surface area contributed by atoms with Gasteiger partial charge in [0.25, 0.3) is 0 Å². The zero-order valence-corrected chi connectivity index (χ0v) is 20.5. The number of carbonyl (C=O) groups excluding carboxylic acids is 1. The maximum Gasteiger partial charge on any atom is 0.248 e. The number of piperidine rings is 1. The molecule has 34 heavy (non-hydrogen) atoms. The van der Waals surface area contributed by atoms with Crippen molar-refractivity contribution in [1.29, 1.82) is 0 Å². The third-order valence-corrected chi connectivity index (χ3v) is 9.00. The molecule has 184 valence electrons. The lowest BCUT2D eigenvalue weighted by molar-refractivity contribution is -0.127. The van der Waals surface area contributed by atoms with Crippen LogP contribution in [-0.4, -0.2) is 42.9 Å². The van der Waals surface area contributed by atoms with Crippen LogP contribution in [0.15, 0.2) is 33.7 Å². The summed E-state index contributed by atoms with van der Waals surface area (Å²) in [5, 5.41) is 7.01. The third kappa shape index (κ3) is 5.41. The van der Waals surface area contributed by atoms with Crippen LogP contribution in [0.5, 0.6) is 0 Å². The Kier molecular flexibility index (Phi) is 7.52. The van der Waals surface area contributed by atoms with E-state index in [0.717, 1.165) is 25.7 Å². The van der Waals surface area contributed by atoms with Crippen molar-refractivity contribution in [3.05, 3.63) is 47.1 Å². The third-order valence-electron chi connectivity index (χ3n) is 6.94. The number of benzene rings is 1. The highest BCUT2D eigenvalue weighted by Gasteiger charge is 2.36. The molecule has 1 aromatic heterocycles. The van der Waals surface area contributed by atoms with E-state index in [0.29, 0.717) is 24.3 Å². The smallest absolute Gasteiger partial charge is 0.248 e. The van der Waals surface area contributed by atoms with Gasteiger partial charge >= 0.3 is 0 Å². The molecule has 0 unspecified atom stereocenters. The molecule has 1 amide bonds. The lowest BCUT2D eigenvalue weighted by Crippen LogP contribution is -2.46. The molecule has 2 aliphatic rings. The van der Waals surface area contributed by atoms with Gasteiger partial charge in [0.2, 0.25) is 15.9 Å². The van der Waals surface area contributed by atoms with E-state index in [4.69, 9.17) is 4.52 Å². The Hall–Kier alpha value is -2.52. The summed E-state index contributed by atoms with van der Waals surface area (Å²) >= 11 is 0. The van der Waals surface area contributed by atoms with Gasteiger partial charge in [-0.15, -0.1) is 0 Å². The number of hydrogen-bond acceptors (Lipinski definition) is 5. The topological polar surface area (TPSA) is 92.5 Å². The van der Waals surface area contributed by atoms with E-state index < -0.39 is 15.8 Å². The van der Waals surface area contributed by atoms with E-state index in [1.165, 1.54) is 22.5 Å². The first-order valence-electron chi connectivity index (χ1n) is 11.9. The van der Waals surface area contributed by atoms with E-state index in [9.17, 15) is 17.6 Å². The van der Waals surface area contributed by atoms with Crippen LogP contribution >= 0.6 is 0 Å². The molecule has 1 aliphatic carbocycles. The second-order valence-corrected chi connectivity index (χ2v) is 11.3. The normalized spacial score (nSPS) is 22.8. The highest BCUT2D eigenvalue weighted by Crippen LogP contribution is 2.30. The van der Waals surface area contributed by atoms with Gasteiger partial charge in [-0.25, -0.2) is 12.8 Å². The van der Waals surface area contributed by atoms with E-state index in [1.54, 1.807) is 25.1 Å². The number of amides is 1. The molecule has 1 N–H and O–H groups in total. The fraction of sp³-hybridized carbons (Fsp3) is 0.520. The van der Waals surface area contributed by atoms with Crippen molar-refractivity contribution in [3.63, 3.8) is 0 Å². The quantitative estimate of drug-likeness (QED) is 0.650. The van der Waals surface area contributed by atoms with E-state index in [-0.39, 0.29) is 47.3 Å². The molecule has 2 fully saturated rings. The van der Waals surface area contributed by atoms with Gasteiger partial charge in [0.15, 0.2) is 10.7 Å². The highest BCUT2D eigenvalue weighted by molar-refractivity contribution is 7.89. The van der Waals surface area contributed by atoms with Crippen molar-refractivity contribution in [1.82, 2.24) is 14.8 Å². The van der Waals surface area contributed by atoms with Crippen molar-refractivity contribution >= 4 is 28.1 Å². The second kappa shape index (κ2) is 10.4. The Morgan fingerprint density at radius 1 is 1.12 bits per heavy atom. The lowest BCUT2D eigenvalue weighted by Gasteiger charge is -2.32. The summed E-state index contributed by atoms with van der Waals surface area (Å²) in [7, 11) is -3.88. The fourth-order valence-corrected chi connectivity index (χ4v) is 6.51. The Morgan fingerprint density at radius 2 is 1.79 bits per heavy atom. The minimum atomic E-state index is -3.88. The van der Waals surface area contributed by atoms with Crippen LogP contribution in [0.2, 0.25) is 0 Å². The fourth-order valence-electron chi connectivity index (χ4n) is 4.79. The molecule has 1 saturated heterocycles. The molecule has 0 atom stereocenters. The summed E-state index contributed by atoms with van der Waals surface area (Å²) in [5.41, 5.74) is 0.568. The molecule has 2 heterocycles. The molecule has 4 rings (SSSR count).